The first-order chi connectivity index (χ1) is 12.6. The van der Waals surface area contributed by atoms with Crippen molar-refractivity contribution in [3.05, 3.63) is 74.8 Å². The number of hydrogen-bond donors (Lipinski definition) is 0. The maximum absolute atomic E-state index is 12.7. The van der Waals surface area contributed by atoms with E-state index in [1.165, 1.54) is 30.1 Å². The second kappa shape index (κ2) is 5.99. The maximum atomic E-state index is 12.7. The van der Waals surface area contributed by atoms with Crippen molar-refractivity contribution in [3.8, 4) is 5.75 Å². The second-order valence-corrected chi connectivity index (χ2v) is 5.72. The zero-order valence-corrected chi connectivity index (χ0v) is 13.7. The third kappa shape index (κ3) is 2.48. The summed E-state index contributed by atoms with van der Waals surface area (Å²) in [6.45, 7) is 0.129. The highest BCUT2D eigenvalue weighted by molar-refractivity contribution is 6.01. The minimum atomic E-state index is -0.522. The van der Waals surface area contributed by atoms with Gasteiger partial charge in [0.1, 0.15) is 11.1 Å². The van der Waals surface area contributed by atoms with E-state index in [1.54, 1.807) is 12.1 Å². The SMILES string of the molecule is COc1ccc(Cn2cnc3c(oc4ccccc43)c2=O)cc1[N+](=O)[O-]. The molecule has 0 N–H and O–H groups in total. The van der Waals surface area contributed by atoms with Crippen LogP contribution in [0.3, 0.4) is 0 Å². The maximum Gasteiger partial charge on any atom is 0.311 e. The van der Waals surface area contributed by atoms with Gasteiger partial charge >= 0.3 is 5.69 Å². The van der Waals surface area contributed by atoms with E-state index in [-0.39, 0.29) is 29.1 Å². The summed E-state index contributed by atoms with van der Waals surface area (Å²) in [5.41, 5.74) is 1.33. The molecule has 26 heavy (non-hydrogen) atoms. The number of methoxy groups -OCH3 is 1. The predicted molar refractivity (Wildman–Crippen MR) is 94.5 cm³/mol. The number of nitro benzene ring substituents is 1. The first-order valence-electron chi connectivity index (χ1n) is 7.76. The summed E-state index contributed by atoms with van der Waals surface area (Å²) in [6, 6.07) is 11.8. The number of fused-ring (bicyclic) bond motifs is 3. The molecular formula is C18H13N3O5. The first-order valence-corrected chi connectivity index (χ1v) is 7.76. The smallest absolute Gasteiger partial charge is 0.311 e. The Balaban J connectivity index is 1.79. The van der Waals surface area contributed by atoms with Gasteiger partial charge in [-0.05, 0) is 23.8 Å². The Kier molecular flexibility index (Phi) is 3.65. The van der Waals surface area contributed by atoms with Crippen LogP contribution in [0.25, 0.3) is 22.1 Å². The average molecular weight is 351 g/mol. The quantitative estimate of drug-likeness (QED) is 0.414. The minimum absolute atomic E-state index is 0.129. The average Bonchev–Trinajstić information content (AvgIpc) is 3.03. The fourth-order valence-corrected chi connectivity index (χ4v) is 2.90. The van der Waals surface area contributed by atoms with E-state index in [9.17, 15) is 14.9 Å². The van der Waals surface area contributed by atoms with Crippen molar-refractivity contribution in [1.29, 1.82) is 0 Å². The fourth-order valence-electron chi connectivity index (χ4n) is 2.90. The van der Waals surface area contributed by atoms with Crippen LogP contribution in [0, 0.1) is 10.1 Å². The molecule has 0 bridgehead atoms. The lowest BCUT2D eigenvalue weighted by molar-refractivity contribution is -0.385. The number of nitrogens with zero attached hydrogens (tertiary/aromatic N) is 3. The van der Waals surface area contributed by atoms with E-state index in [1.807, 2.05) is 18.2 Å². The van der Waals surface area contributed by atoms with Gasteiger partial charge in [-0.15, -0.1) is 0 Å². The Bertz CT molecular complexity index is 1210. The van der Waals surface area contributed by atoms with Crippen LogP contribution in [-0.2, 0) is 6.54 Å². The van der Waals surface area contributed by atoms with E-state index >= 15 is 0 Å². The fraction of sp³-hybridized carbons (Fsp3) is 0.111. The molecule has 4 rings (SSSR count). The van der Waals surface area contributed by atoms with E-state index in [0.29, 0.717) is 16.7 Å². The highest BCUT2D eigenvalue weighted by atomic mass is 16.6. The molecule has 0 radical (unpaired) electrons. The summed E-state index contributed by atoms with van der Waals surface area (Å²) in [4.78, 5) is 27.7. The molecule has 0 saturated heterocycles. The second-order valence-electron chi connectivity index (χ2n) is 5.72. The van der Waals surface area contributed by atoms with Gasteiger partial charge in [-0.1, -0.05) is 18.2 Å². The molecule has 0 aliphatic rings. The van der Waals surface area contributed by atoms with Gasteiger partial charge in [0, 0.05) is 11.5 Å². The Labute approximate surface area is 146 Å². The molecule has 0 aliphatic heterocycles. The molecule has 8 nitrogen and oxygen atoms in total. The van der Waals surface area contributed by atoms with Gasteiger partial charge in [0.05, 0.1) is 24.9 Å². The van der Waals surface area contributed by atoms with Crippen LogP contribution in [0.15, 0.2) is 58.0 Å². The first kappa shape index (κ1) is 15.8. The Morgan fingerprint density at radius 2 is 2.08 bits per heavy atom. The summed E-state index contributed by atoms with van der Waals surface area (Å²) in [7, 11) is 1.37. The molecule has 0 fully saturated rings. The van der Waals surface area contributed by atoms with Gasteiger partial charge in [-0.25, -0.2) is 4.98 Å². The largest absolute Gasteiger partial charge is 0.490 e. The zero-order valence-electron chi connectivity index (χ0n) is 13.7. The van der Waals surface area contributed by atoms with Crippen LogP contribution < -0.4 is 10.3 Å². The zero-order chi connectivity index (χ0) is 18.3. The van der Waals surface area contributed by atoms with Crippen LogP contribution in [0.2, 0.25) is 0 Å². The number of ether oxygens (including phenoxy) is 1. The van der Waals surface area contributed by atoms with Gasteiger partial charge in [0.15, 0.2) is 5.75 Å². The van der Waals surface area contributed by atoms with Crippen molar-refractivity contribution in [2.24, 2.45) is 0 Å². The number of furan rings is 1. The van der Waals surface area contributed by atoms with E-state index in [2.05, 4.69) is 4.98 Å². The van der Waals surface area contributed by atoms with Crippen LogP contribution in [-0.4, -0.2) is 21.6 Å². The lowest BCUT2D eigenvalue weighted by Gasteiger charge is -2.07. The molecule has 0 atom stereocenters. The molecule has 0 saturated carbocycles. The summed E-state index contributed by atoms with van der Waals surface area (Å²) in [5, 5.41) is 11.9. The highest BCUT2D eigenvalue weighted by Crippen LogP contribution is 2.28. The molecule has 0 spiro atoms. The lowest BCUT2D eigenvalue weighted by Crippen LogP contribution is -2.20. The van der Waals surface area contributed by atoms with Crippen molar-refractivity contribution in [2.75, 3.05) is 7.11 Å². The third-order valence-electron chi connectivity index (χ3n) is 4.14. The van der Waals surface area contributed by atoms with Crippen molar-refractivity contribution in [2.45, 2.75) is 6.54 Å². The third-order valence-corrected chi connectivity index (χ3v) is 4.14. The van der Waals surface area contributed by atoms with E-state index < -0.39 is 4.92 Å². The summed E-state index contributed by atoms with van der Waals surface area (Å²) in [5.74, 6) is 0.164. The minimum Gasteiger partial charge on any atom is -0.490 e. The Morgan fingerprint density at radius 3 is 2.85 bits per heavy atom. The van der Waals surface area contributed by atoms with Crippen molar-refractivity contribution < 1.29 is 14.1 Å². The molecule has 0 unspecified atom stereocenters. The van der Waals surface area contributed by atoms with Gasteiger partial charge < -0.3 is 9.15 Å². The lowest BCUT2D eigenvalue weighted by atomic mass is 10.2. The van der Waals surface area contributed by atoms with Gasteiger partial charge in [-0.2, -0.15) is 0 Å². The molecule has 8 heteroatoms. The molecule has 2 aromatic heterocycles. The van der Waals surface area contributed by atoms with Crippen LogP contribution >= 0.6 is 0 Å². The van der Waals surface area contributed by atoms with Crippen molar-refractivity contribution in [3.63, 3.8) is 0 Å². The summed E-state index contributed by atoms with van der Waals surface area (Å²) >= 11 is 0. The normalized spacial score (nSPS) is 11.1. The standard InChI is InChI=1S/C18H13N3O5/c1-25-15-7-6-11(8-13(15)21(23)24)9-20-10-19-16-12-4-2-3-5-14(12)26-17(16)18(20)22/h2-8,10H,9H2,1H3. The number of rotatable bonds is 4. The van der Waals surface area contributed by atoms with E-state index in [4.69, 9.17) is 9.15 Å². The van der Waals surface area contributed by atoms with Gasteiger partial charge in [0.25, 0.3) is 5.56 Å². The Hall–Kier alpha value is -3.68. The molecule has 2 heterocycles. The van der Waals surface area contributed by atoms with Crippen LogP contribution in [0.5, 0.6) is 5.75 Å². The predicted octanol–water partition coefficient (Wildman–Crippen LogP) is 3.11. The molecule has 4 aromatic rings. The topological polar surface area (TPSA) is 100 Å². The molecule has 130 valence electrons. The summed E-state index contributed by atoms with van der Waals surface area (Å²) < 4.78 is 12.0. The molecule has 0 aliphatic carbocycles. The van der Waals surface area contributed by atoms with Gasteiger partial charge in [0.2, 0.25) is 5.58 Å². The summed E-state index contributed by atoms with van der Waals surface area (Å²) in [6.07, 6.45) is 1.42. The number of nitro groups is 1. The number of hydrogen-bond acceptors (Lipinski definition) is 6. The monoisotopic (exact) mass is 351 g/mol. The van der Waals surface area contributed by atoms with Crippen molar-refractivity contribution in [1.82, 2.24) is 9.55 Å². The molecule has 0 amide bonds. The van der Waals surface area contributed by atoms with Crippen LogP contribution in [0.4, 0.5) is 5.69 Å². The number of benzene rings is 2. The molecular weight excluding hydrogens is 338 g/mol. The van der Waals surface area contributed by atoms with E-state index in [0.717, 1.165) is 5.39 Å². The highest BCUT2D eigenvalue weighted by Gasteiger charge is 2.17. The Morgan fingerprint density at radius 1 is 1.27 bits per heavy atom. The number of para-hydroxylation sites is 1. The van der Waals surface area contributed by atoms with Crippen LogP contribution in [0.1, 0.15) is 5.56 Å². The number of aromatic nitrogens is 2. The van der Waals surface area contributed by atoms with Gasteiger partial charge in [-0.3, -0.25) is 19.5 Å². The van der Waals surface area contributed by atoms with Crippen molar-refractivity contribution >= 4 is 27.8 Å². The molecule has 2 aromatic carbocycles.